The van der Waals surface area contributed by atoms with E-state index in [9.17, 15) is 19.2 Å². The second kappa shape index (κ2) is 8.90. The molecule has 1 fully saturated rings. The van der Waals surface area contributed by atoms with Crippen molar-refractivity contribution >= 4 is 23.6 Å². The maximum atomic E-state index is 12.5. The van der Waals surface area contributed by atoms with Gasteiger partial charge in [0.15, 0.2) is 0 Å². The lowest BCUT2D eigenvalue weighted by atomic mass is 9.98. The van der Waals surface area contributed by atoms with Crippen LogP contribution >= 0.6 is 0 Å². The van der Waals surface area contributed by atoms with E-state index in [-0.39, 0.29) is 18.6 Å². The third-order valence-electron chi connectivity index (χ3n) is 5.10. The first-order valence-corrected chi connectivity index (χ1v) is 9.79. The third-order valence-corrected chi connectivity index (χ3v) is 5.10. The fraction of sp³-hybridized carbons (Fsp3) is 0.304. The van der Waals surface area contributed by atoms with Gasteiger partial charge >= 0.3 is 5.97 Å². The van der Waals surface area contributed by atoms with Crippen LogP contribution in [0.2, 0.25) is 0 Å². The van der Waals surface area contributed by atoms with Crippen molar-refractivity contribution in [1.82, 2.24) is 10.2 Å². The number of ketones is 1. The molecule has 1 aliphatic rings. The Morgan fingerprint density at radius 3 is 2.43 bits per heavy atom. The Morgan fingerprint density at radius 1 is 1.13 bits per heavy atom. The van der Waals surface area contributed by atoms with Crippen molar-refractivity contribution < 1.29 is 23.9 Å². The standard InChI is InChI=1S/C23H24N2O5/c1-4-30-23(29)18-10-6-9-17(12-18)16-8-5-7-15(11-16)14(2)24-21(27)19-13-25(3)22(28)20(19)26/h5-12,14,19H,4,13H2,1-3H3,(H,24,27)/t14-,19?/m1/s1. The van der Waals surface area contributed by atoms with Crippen molar-refractivity contribution in [3.05, 3.63) is 59.7 Å². The van der Waals surface area contributed by atoms with Crippen LogP contribution in [-0.2, 0) is 19.1 Å². The number of nitrogens with zero attached hydrogens (tertiary/aromatic N) is 1. The van der Waals surface area contributed by atoms with E-state index in [1.165, 1.54) is 11.9 Å². The van der Waals surface area contributed by atoms with Crippen molar-refractivity contribution in [1.29, 1.82) is 0 Å². The lowest BCUT2D eigenvalue weighted by Gasteiger charge is -2.17. The number of rotatable bonds is 6. The molecule has 1 heterocycles. The first-order chi connectivity index (χ1) is 14.3. The van der Waals surface area contributed by atoms with Gasteiger partial charge in [0.1, 0.15) is 5.92 Å². The minimum absolute atomic E-state index is 0.0942. The molecule has 2 aromatic carbocycles. The van der Waals surface area contributed by atoms with Gasteiger partial charge in [-0.05, 0) is 48.7 Å². The summed E-state index contributed by atoms with van der Waals surface area (Å²) in [7, 11) is 1.50. The Bertz CT molecular complexity index is 1000. The normalized spacial score (nSPS) is 17.0. The number of esters is 1. The Kier molecular flexibility index (Phi) is 6.30. The molecule has 1 N–H and O–H groups in total. The SMILES string of the molecule is CCOC(=O)c1cccc(-c2cccc([C@@H](C)NC(=O)C3CN(C)C(=O)C3=O)c2)c1. The second-order valence-corrected chi connectivity index (χ2v) is 7.26. The Labute approximate surface area is 175 Å². The average molecular weight is 408 g/mol. The molecule has 0 bridgehead atoms. The van der Waals surface area contributed by atoms with Gasteiger partial charge in [0.2, 0.25) is 11.7 Å². The maximum absolute atomic E-state index is 12.5. The van der Waals surface area contributed by atoms with Crippen LogP contribution in [0.3, 0.4) is 0 Å². The summed E-state index contributed by atoms with van der Waals surface area (Å²) >= 11 is 0. The maximum Gasteiger partial charge on any atom is 0.338 e. The fourth-order valence-corrected chi connectivity index (χ4v) is 3.40. The zero-order valence-corrected chi connectivity index (χ0v) is 17.2. The van der Waals surface area contributed by atoms with Crippen molar-refractivity contribution in [3.63, 3.8) is 0 Å². The molecular weight excluding hydrogens is 384 g/mol. The molecule has 1 aliphatic heterocycles. The van der Waals surface area contributed by atoms with Crippen molar-refractivity contribution in [2.75, 3.05) is 20.2 Å². The van der Waals surface area contributed by atoms with E-state index in [1.807, 2.05) is 37.3 Å². The number of likely N-dealkylation sites (tertiary alicyclic amines) is 1. The number of nitrogens with one attached hydrogen (secondary N) is 1. The Balaban J connectivity index is 1.76. The van der Waals surface area contributed by atoms with Gasteiger partial charge in [-0.2, -0.15) is 0 Å². The molecular formula is C23H24N2O5. The van der Waals surface area contributed by atoms with Gasteiger partial charge in [-0.15, -0.1) is 0 Å². The molecule has 7 nitrogen and oxygen atoms in total. The summed E-state index contributed by atoms with van der Waals surface area (Å²) in [5.74, 6) is -3.12. The van der Waals surface area contributed by atoms with Gasteiger partial charge in [-0.25, -0.2) is 4.79 Å². The largest absolute Gasteiger partial charge is 0.462 e. The molecule has 7 heteroatoms. The number of carbonyl (C=O) groups is 4. The first kappa shape index (κ1) is 21.2. The Morgan fingerprint density at radius 2 is 1.80 bits per heavy atom. The predicted molar refractivity (Wildman–Crippen MR) is 111 cm³/mol. The third kappa shape index (κ3) is 4.40. The quantitative estimate of drug-likeness (QED) is 0.450. The van der Waals surface area contributed by atoms with Gasteiger partial charge in [0, 0.05) is 13.6 Å². The van der Waals surface area contributed by atoms with Crippen LogP contribution in [0.5, 0.6) is 0 Å². The van der Waals surface area contributed by atoms with E-state index in [0.717, 1.165) is 16.7 Å². The molecule has 156 valence electrons. The van der Waals surface area contributed by atoms with Crippen LogP contribution < -0.4 is 5.32 Å². The summed E-state index contributed by atoms with van der Waals surface area (Å²) in [6.45, 7) is 3.97. The fourth-order valence-electron chi connectivity index (χ4n) is 3.40. The number of carbonyl (C=O) groups excluding carboxylic acids is 4. The van der Waals surface area contributed by atoms with Crippen LogP contribution in [0.25, 0.3) is 11.1 Å². The summed E-state index contributed by atoms with van der Waals surface area (Å²) in [6.07, 6.45) is 0. The Hall–Kier alpha value is -3.48. The highest BCUT2D eigenvalue weighted by molar-refractivity contribution is 6.42. The summed E-state index contributed by atoms with van der Waals surface area (Å²) in [5, 5.41) is 2.82. The first-order valence-electron chi connectivity index (χ1n) is 9.79. The van der Waals surface area contributed by atoms with E-state index < -0.39 is 23.5 Å². The molecule has 0 spiro atoms. The number of hydrogen-bond donors (Lipinski definition) is 1. The molecule has 1 saturated heterocycles. The number of Topliss-reactive ketones (excluding diaryl/α,β-unsaturated/α-hetero) is 1. The number of amides is 2. The van der Waals surface area contributed by atoms with E-state index in [4.69, 9.17) is 4.74 Å². The molecule has 2 amide bonds. The minimum atomic E-state index is -0.977. The summed E-state index contributed by atoms with van der Waals surface area (Å²) in [6, 6.07) is 14.4. The highest BCUT2D eigenvalue weighted by Gasteiger charge is 2.41. The van der Waals surface area contributed by atoms with Gasteiger partial charge in [-0.1, -0.05) is 30.3 Å². The molecule has 2 atom stereocenters. The van der Waals surface area contributed by atoms with E-state index in [0.29, 0.717) is 12.2 Å². The zero-order valence-electron chi connectivity index (χ0n) is 17.2. The van der Waals surface area contributed by atoms with E-state index >= 15 is 0 Å². The van der Waals surface area contributed by atoms with Crippen LogP contribution in [0.1, 0.15) is 35.8 Å². The summed E-state index contributed by atoms with van der Waals surface area (Å²) in [4.78, 5) is 49.4. The zero-order chi connectivity index (χ0) is 21.8. The van der Waals surface area contributed by atoms with Crippen LogP contribution in [0.4, 0.5) is 0 Å². The molecule has 30 heavy (non-hydrogen) atoms. The second-order valence-electron chi connectivity index (χ2n) is 7.26. The van der Waals surface area contributed by atoms with Crippen LogP contribution in [-0.4, -0.2) is 48.7 Å². The molecule has 0 saturated carbocycles. The molecule has 0 aliphatic carbocycles. The summed E-state index contributed by atoms with van der Waals surface area (Å²) < 4.78 is 5.06. The van der Waals surface area contributed by atoms with E-state index in [2.05, 4.69) is 5.32 Å². The van der Waals surface area contributed by atoms with E-state index in [1.54, 1.807) is 25.1 Å². The monoisotopic (exact) mass is 408 g/mol. The van der Waals surface area contributed by atoms with Crippen molar-refractivity contribution in [3.8, 4) is 11.1 Å². The van der Waals surface area contributed by atoms with Crippen molar-refractivity contribution in [2.24, 2.45) is 5.92 Å². The lowest BCUT2D eigenvalue weighted by molar-refractivity contribution is -0.142. The summed E-state index contributed by atoms with van der Waals surface area (Å²) in [5.41, 5.74) is 3.04. The minimum Gasteiger partial charge on any atom is -0.462 e. The number of benzene rings is 2. The van der Waals surface area contributed by atoms with Crippen LogP contribution in [0, 0.1) is 5.92 Å². The lowest BCUT2D eigenvalue weighted by Crippen LogP contribution is -2.37. The van der Waals surface area contributed by atoms with Crippen molar-refractivity contribution in [2.45, 2.75) is 19.9 Å². The van der Waals surface area contributed by atoms with Gasteiger partial charge in [0.05, 0.1) is 18.2 Å². The molecule has 2 aromatic rings. The highest BCUT2D eigenvalue weighted by atomic mass is 16.5. The molecule has 0 aromatic heterocycles. The van der Waals surface area contributed by atoms with Gasteiger partial charge < -0.3 is 15.0 Å². The molecule has 1 unspecified atom stereocenters. The number of ether oxygens (including phenoxy) is 1. The average Bonchev–Trinajstić information content (AvgIpc) is 3.01. The number of likely N-dealkylation sites (N-methyl/N-ethyl adjacent to an activating group) is 1. The molecule has 0 radical (unpaired) electrons. The highest BCUT2D eigenvalue weighted by Crippen LogP contribution is 2.25. The van der Waals surface area contributed by atoms with Gasteiger partial charge in [-0.3, -0.25) is 14.4 Å². The predicted octanol–water partition coefficient (Wildman–Crippen LogP) is 2.36. The van der Waals surface area contributed by atoms with Crippen LogP contribution in [0.15, 0.2) is 48.5 Å². The smallest absolute Gasteiger partial charge is 0.338 e. The topological polar surface area (TPSA) is 92.8 Å². The van der Waals surface area contributed by atoms with Gasteiger partial charge in [0.25, 0.3) is 5.91 Å². The molecule has 3 rings (SSSR count). The number of hydrogen-bond acceptors (Lipinski definition) is 5.